The lowest BCUT2D eigenvalue weighted by Crippen LogP contribution is -2.10. The van der Waals surface area contributed by atoms with Crippen molar-refractivity contribution in [2.75, 3.05) is 5.32 Å². The molecular formula is C11H13N5O2. The molecule has 0 atom stereocenters. The van der Waals surface area contributed by atoms with Crippen molar-refractivity contribution in [3.8, 4) is 0 Å². The summed E-state index contributed by atoms with van der Waals surface area (Å²) >= 11 is 0. The van der Waals surface area contributed by atoms with Gasteiger partial charge in [0.15, 0.2) is 11.6 Å². The summed E-state index contributed by atoms with van der Waals surface area (Å²) in [4.78, 5) is 11.3. The number of carbonyl (C=O) groups is 1. The Balaban J connectivity index is 2.44. The van der Waals surface area contributed by atoms with Gasteiger partial charge in [0.2, 0.25) is 0 Å². The van der Waals surface area contributed by atoms with Gasteiger partial charge in [0, 0.05) is 19.3 Å². The Bertz CT molecular complexity index is 605. The van der Waals surface area contributed by atoms with E-state index in [0.29, 0.717) is 17.1 Å². The van der Waals surface area contributed by atoms with Gasteiger partial charge in [-0.05, 0) is 19.4 Å². The second-order valence-corrected chi connectivity index (χ2v) is 3.94. The molecule has 2 N–H and O–H groups in total. The van der Waals surface area contributed by atoms with Gasteiger partial charge in [0.25, 0.3) is 0 Å². The number of hydrogen-bond acceptors (Lipinski definition) is 5. The van der Waals surface area contributed by atoms with E-state index in [-0.39, 0.29) is 11.4 Å². The Kier molecular flexibility index (Phi) is 2.97. The minimum absolute atomic E-state index is 0.119. The molecule has 0 radical (unpaired) electrons. The highest BCUT2D eigenvalue weighted by Crippen LogP contribution is 2.21. The average Bonchev–Trinajstić information content (AvgIpc) is 2.69. The molecule has 0 fully saturated rings. The Labute approximate surface area is 103 Å². The Morgan fingerprint density at radius 3 is 2.67 bits per heavy atom. The fraction of sp³-hybridized carbons (Fsp3) is 0.273. The normalized spacial score (nSPS) is 10.4. The first-order chi connectivity index (χ1) is 8.49. The second-order valence-electron chi connectivity index (χ2n) is 3.94. The van der Waals surface area contributed by atoms with Gasteiger partial charge < -0.3 is 10.4 Å². The lowest BCUT2D eigenvalue weighted by atomic mass is 10.1. The molecule has 2 heterocycles. The molecule has 0 saturated heterocycles. The lowest BCUT2D eigenvalue weighted by Gasteiger charge is -2.09. The number of aromatic nitrogens is 4. The molecule has 7 nitrogen and oxygen atoms in total. The molecule has 0 aliphatic rings. The summed E-state index contributed by atoms with van der Waals surface area (Å²) in [6, 6.07) is 1.72. The van der Waals surface area contributed by atoms with Crippen LogP contribution in [0.1, 0.15) is 21.6 Å². The number of aromatic carboxylic acids is 1. The molecule has 2 aromatic heterocycles. The van der Waals surface area contributed by atoms with Crippen molar-refractivity contribution >= 4 is 17.6 Å². The first kappa shape index (κ1) is 12.0. The van der Waals surface area contributed by atoms with Crippen LogP contribution in [0, 0.1) is 13.8 Å². The van der Waals surface area contributed by atoms with E-state index >= 15 is 0 Å². The zero-order valence-corrected chi connectivity index (χ0v) is 10.3. The summed E-state index contributed by atoms with van der Waals surface area (Å²) in [6.45, 7) is 3.43. The molecule has 0 aliphatic heterocycles. The zero-order chi connectivity index (χ0) is 13.3. The van der Waals surface area contributed by atoms with Crippen molar-refractivity contribution in [1.82, 2.24) is 20.0 Å². The smallest absolute Gasteiger partial charge is 0.339 e. The van der Waals surface area contributed by atoms with Gasteiger partial charge in [-0.15, -0.1) is 5.10 Å². The van der Waals surface area contributed by atoms with E-state index in [1.165, 1.54) is 0 Å². The van der Waals surface area contributed by atoms with Crippen molar-refractivity contribution < 1.29 is 9.90 Å². The minimum Gasteiger partial charge on any atom is -0.478 e. The Morgan fingerprint density at radius 1 is 1.39 bits per heavy atom. The molecule has 2 rings (SSSR count). The van der Waals surface area contributed by atoms with Crippen molar-refractivity contribution in [3.63, 3.8) is 0 Å². The van der Waals surface area contributed by atoms with Crippen LogP contribution in [-0.4, -0.2) is 31.1 Å². The molecule has 18 heavy (non-hydrogen) atoms. The summed E-state index contributed by atoms with van der Waals surface area (Å²) < 4.78 is 1.61. The molecule has 0 saturated carbocycles. The van der Waals surface area contributed by atoms with E-state index in [2.05, 4.69) is 20.6 Å². The molecule has 0 spiro atoms. The number of nitrogens with zero attached hydrogens (tertiary/aromatic N) is 4. The van der Waals surface area contributed by atoms with Crippen LogP contribution in [0.25, 0.3) is 0 Å². The number of carboxylic acids is 1. The number of aryl methyl sites for hydroxylation is 2. The summed E-state index contributed by atoms with van der Waals surface area (Å²) in [6.07, 6.45) is 1.75. The van der Waals surface area contributed by atoms with Crippen LogP contribution in [0.15, 0.2) is 12.3 Å². The molecule has 0 amide bonds. The Hall–Kier alpha value is -2.44. The largest absolute Gasteiger partial charge is 0.478 e. The third-order valence-electron chi connectivity index (χ3n) is 2.63. The van der Waals surface area contributed by atoms with E-state index in [9.17, 15) is 9.90 Å². The van der Waals surface area contributed by atoms with Gasteiger partial charge in [-0.25, -0.2) is 4.79 Å². The molecule has 0 unspecified atom stereocenters. The average molecular weight is 247 g/mol. The van der Waals surface area contributed by atoms with Gasteiger partial charge in [-0.1, -0.05) is 0 Å². The number of hydrogen-bond donors (Lipinski definition) is 2. The van der Waals surface area contributed by atoms with E-state index in [1.807, 2.05) is 0 Å². The molecular weight excluding hydrogens is 234 g/mol. The summed E-state index contributed by atoms with van der Waals surface area (Å²) in [5, 5.41) is 24.0. The number of anilines is 2. The third-order valence-corrected chi connectivity index (χ3v) is 2.63. The number of carboxylic acid groups (broad SMARTS) is 1. The molecule has 2 aromatic rings. The third kappa shape index (κ3) is 2.15. The highest BCUT2D eigenvalue weighted by atomic mass is 16.4. The van der Waals surface area contributed by atoms with Gasteiger partial charge in [-0.3, -0.25) is 4.68 Å². The SMILES string of the molecule is Cc1nnc(Nc2ccn(C)n2)c(C(=O)O)c1C. The molecule has 0 aliphatic carbocycles. The number of nitrogens with one attached hydrogen (secondary N) is 1. The predicted octanol–water partition coefficient (Wildman–Crippen LogP) is 1.27. The van der Waals surface area contributed by atoms with Crippen LogP contribution in [-0.2, 0) is 7.05 Å². The molecule has 0 aromatic carbocycles. The second kappa shape index (κ2) is 4.44. The van der Waals surface area contributed by atoms with Crippen molar-refractivity contribution in [1.29, 1.82) is 0 Å². The minimum atomic E-state index is -1.04. The van der Waals surface area contributed by atoms with Gasteiger partial charge in [0.1, 0.15) is 5.56 Å². The van der Waals surface area contributed by atoms with E-state index in [0.717, 1.165) is 0 Å². The van der Waals surface area contributed by atoms with E-state index in [1.54, 1.807) is 37.8 Å². The summed E-state index contributed by atoms with van der Waals surface area (Å²) in [5.41, 5.74) is 1.31. The molecule has 0 bridgehead atoms. The lowest BCUT2D eigenvalue weighted by molar-refractivity contribution is 0.0696. The maximum atomic E-state index is 11.3. The van der Waals surface area contributed by atoms with Gasteiger partial charge in [0.05, 0.1) is 5.69 Å². The van der Waals surface area contributed by atoms with Crippen LogP contribution in [0.3, 0.4) is 0 Å². The highest BCUT2D eigenvalue weighted by molar-refractivity contribution is 5.95. The predicted molar refractivity (Wildman–Crippen MR) is 65.0 cm³/mol. The maximum absolute atomic E-state index is 11.3. The van der Waals surface area contributed by atoms with Gasteiger partial charge >= 0.3 is 5.97 Å². The number of rotatable bonds is 3. The van der Waals surface area contributed by atoms with E-state index in [4.69, 9.17) is 0 Å². The first-order valence-electron chi connectivity index (χ1n) is 5.33. The fourth-order valence-electron chi connectivity index (χ4n) is 1.56. The van der Waals surface area contributed by atoms with Crippen LogP contribution in [0.2, 0.25) is 0 Å². The van der Waals surface area contributed by atoms with Crippen molar-refractivity contribution in [3.05, 3.63) is 29.1 Å². The quantitative estimate of drug-likeness (QED) is 0.848. The maximum Gasteiger partial charge on any atom is 0.339 e. The van der Waals surface area contributed by atoms with Crippen molar-refractivity contribution in [2.45, 2.75) is 13.8 Å². The van der Waals surface area contributed by atoms with Gasteiger partial charge in [-0.2, -0.15) is 10.2 Å². The topological polar surface area (TPSA) is 92.9 Å². The highest BCUT2D eigenvalue weighted by Gasteiger charge is 2.18. The fourth-order valence-corrected chi connectivity index (χ4v) is 1.56. The Morgan fingerprint density at radius 2 is 2.11 bits per heavy atom. The zero-order valence-electron chi connectivity index (χ0n) is 10.3. The summed E-state index contributed by atoms with van der Waals surface area (Å²) in [7, 11) is 1.77. The van der Waals surface area contributed by atoms with Crippen LogP contribution < -0.4 is 5.32 Å². The van der Waals surface area contributed by atoms with Crippen LogP contribution >= 0.6 is 0 Å². The van der Waals surface area contributed by atoms with Crippen molar-refractivity contribution in [2.24, 2.45) is 7.05 Å². The molecule has 7 heteroatoms. The van der Waals surface area contributed by atoms with Crippen LogP contribution in [0.4, 0.5) is 11.6 Å². The summed E-state index contributed by atoms with van der Waals surface area (Å²) in [5.74, 6) is -0.314. The van der Waals surface area contributed by atoms with E-state index < -0.39 is 5.97 Å². The standard InChI is InChI=1S/C11H13N5O2/c1-6-7(2)13-14-10(9(6)11(17)18)12-8-4-5-16(3)15-8/h4-5H,1-3H3,(H,17,18)(H,12,14,15). The monoisotopic (exact) mass is 247 g/mol. The van der Waals surface area contributed by atoms with Crippen LogP contribution in [0.5, 0.6) is 0 Å². The first-order valence-corrected chi connectivity index (χ1v) is 5.33. The molecule has 94 valence electrons.